The van der Waals surface area contributed by atoms with E-state index in [0.29, 0.717) is 18.2 Å². The van der Waals surface area contributed by atoms with Gasteiger partial charge in [-0.2, -0.15) is 0 Å². The normalized spacial score (nSPS) is 12.9. The molecule has 2 aromatic rings. The first kappa shape index (κ1) is 21.7. The van der Waals surface area contributed by atoms with E-state index >= 15 is 0 Å². The Morgan fingerprint density at radius 3 is 2.70 bits per heavy atom. The highest BCUT2D eigenvalue weighted by atomic mass is 32.2. The minimum atomic E-state index is -3.58. The number of thiazole rings is 1. The molecule has 0 aliphatic carbocycles. The van der Waals surface area contributed by atoms with E-state index in [9.17, 15) is 13.2 Å². The number of likely N-dealkylation sites (N-methyl/N-ethyl adjacent to an activating group) is 2. The first-order chi connectivity index (χ1) is 12.7. The number of nitrogens with one attached hydrogen (secondary N) is 2. The summed E-state index contributed by atoms with van der Waals surface area (Å²) in [6.07, 6.45) is 1.46. The molecule has 2 aromatic heterocycles. The molecule has 2 rings (SSSR count). The molecule has 1 amide bonds. The zero-order valence-corrected chi connectivity index (χ0v) is 18.2. The average molecular weight is 429 g/mol. The molecule has 10 heteroatoms. The molecule has 148 valence electrons. The quantitative estimate of drug-likeness (QED) is 0.597. The standard InChI is InChI=1S/C17H24N4O3S3/c1-6-14(21(5)10-9-18-4)27(23,24)15-8-7-13(25-15)16-11(2)19-17(26-16)20-12(3)22/h6-8,14,18H,1,9-10H2,2-5H3,(H,19,20,22). The van der Waals surface area contributed by atoms with Crippen LogP contribution in [0.1, 0.15) is 12.6 Å². The van der Waals surface area contributed by atoms with Crippen LogP contribution in [0.5, 0.6) is 0 Å². The molecule has 0 saturated carbocycles. The highest BCUT2D eigenvalue weighted by molar-refractivity contribution is 7.94. The number of aryl methyl sites for hydroxylation is 1. The number of hydrogen-bond donors (Lipinski definition) is 2. The number of anilines is 1. The Hall–Kier alpha value is -1.59. The van der Waals surface area contributed by atoms with Gasteiger partial charge in [-0.1, -0.05) is 17.4 Å². The third-order valence-electron chi connectivity index (χ3n) is 3.83. The van der Waals surface area contributed by atoms with Crippen LogP contribution in [-0.2, 0) is 14.6 Å². The largest absolute Gasteiger partial charge is 0.318 e. The van der Waals surface area contributed by atoms with Gasteiger partial charge in [0.2, 0.25) is 15.7 Å². The maximum atomic E-state index is 13.1. The van der Waals surface area contributed by atoms with Gasteiger partial charge in [0, 0.05) is 24.9 Å². The van der Waals surface area contributed by atoms with E-state index in [0.717, 1.165) is 15.4 Å². The van der Waals surface area contributed by atoms with Gasteiger partial charge in [-0.05, 0) is 33.2 Å². The van der Waals surface area contributed by atoms with Gasteiger partial charge >= 0.3 is 0 Å². The summed E-state index contributed by atoms with van der Waals surface area (Å²) in [5.74, 6) is -0.192. The topological polar surface area (TPSA) is 91.4 Å². The Bertz CT molecular complexity index is 918. The number of rotatable bonds is 9. The van der Waals surface area contributed by atoms with Crippen molar-refractivity contribution in [3.8, 4) is 9.75 Å². The van der Waals surface area contributed by atoms with E-state index in [-0.39, 0.29) is 10.1 Å². The van der Waals surface area contributed by atoms with Crippen molar-refractivity contribution in [3.05, 3.63) is 30.5 Å². The third-order valence-corrected chi connectivity index (χ3v) is 8.80. The van der Waals surface area contributed by atoms with Crippen molar-refractivity contribution >= 4 is 43.5 Å². The van der Waals surface area contributed by atoms with E-state index in [4.69, 9.17) is 0 Å². The molecule has 0 radical (unpaired) electrons. The van der Waals surface area contributed by atoms with Crippen LogP contribution >= 0.6 is 22.7 Å². The number of carbonyl (C=O) groups is 1. The molecular formula is C17H24N4O3S3. The molecule has 27 heavy (non-hydrogen) atoms. The predicted molar refractivity (Wildman–Crippen MR) is 112 cm³/mol. The zero-order valence-electron chi connectivity index (χ0n) is 15.8. The van der Waals surface area contributed by atoms with Gasteiger partial charge in [-0.3, -0.25) is 9.69 Å². The summed E-state index contributed by atoms with van der Waals surface area (Å²) in [6, 6.07) is 3.40. The molecular weight excluding hydrogens is 404 g/mol. The van der Waals surface area contributed by atoms with Crippen LogP contribution in [0, 0.1) is 6.92 Å². The fourth-order valence-corrected chi connectivity index (χ4v) is 6.77. The van der Waals surface area contributed by atoms with Crippen molar-refractivity contribution in [2.45, 2.75) is 23.4 Å². The maximum absolute atomic E-state index is 13.1. The van der Waals surface area contributed by atoms with Gasteiger partial charge in [0.05, 0.1) is 10.6 Å². The van der Waals surface area contributed by atoms with E-state index in [1.807, 2.05) is 14.0 Å². The number of aromatic nitrogens is 1. The van der Waals surface area contributed by atoms with Crippen molar-refractivity contribution in [2.24, 2.45) is 0 Å². The number of sulfone groups is 1. The van der Waals surface area contributed by atoms with Gasteiger partial charge in [0.25, 0.3) is 0 Å². The van der Waals surface area contributed by atoms with Crippen molar-refractivity contribution in [1.29, 1.82) is 0 Å². The van der Waals surface area contributed by atoms with Crippen LogP contribution in [0.4, 0.5) is 5.13 Å². The molecule has 1 unspecified atom stereocenters. The summed E-state index contributed by atoms with van der Waals surface area (Å²) in [4.78, 5) is 18.9. The van der Waals surface area contributed by atoms with Crippen LogP contribution in [0.15, 0.2) is 29.0 Å². The minimum absolute atomic E-state index is 0.192. The number of hydrogen-bond acceptors (Lipinski definition) is 8. The molecule has 0 bridgehead atoms. The fraction of sp³-hybridized carbons (Fsp3) is 0.412. The van der Waals surface area contributed by atoms with Crippen molar-refractivity contribution in [3.63, 3.8) is 0 Å². The molecule has 0 spiro atoms. The van der Waals surface area contributed by atoms with Crippen molar-refractivity contribution in [2.75, 3.05) is 32.5 Å². The minimum Gasteiger partial charge on any atom is -0.318 e. The maximum Gasteiger partial charge on any atom is 0.223 e. The SMILES string of the molecule is C=CC(N(C)CCNC)S(=O)(=O)c1ccc(-c2sc(NC(C)=O)nc2C)s1. The molecule has 1 atom stereocenters. The van der Waals surface area contributed by atoms with Crippen LogP contribution in [0.3, 0.4) is 0 Å². The third kappa shape index (κ3) is 5.02. The molecule has 0 saturated heterocycles. The number of carbonyl (C=O) groups excluding carboxylic acids is 1. The Morgan fingerprint density at radius 1 is 1.41 bits per heavy atom. The molecule has 2 N–H and O–H groups in total. The second-order valence-corrected chi connectivity index (χ2v) is 10.3. The highest BCUT2D eigenvalue weighted by Gasteiger charge is 2.30. The molecule has 0 aromatic carbocycles. The molecule has 7 nitrogen and oxygen atoms in total. The van der Waals surface area contributed by atoms with E-state index in [1.165, 1.54) is 35.7 Å². The smallest absolute Gasteiger partial charge is 0.223 e. The number of nitrogens with zero attached hydrogens (tertiary/aromatic N) is 2. The molecule has 0 fully saturated rings. The zero-order chi connectivity index (χ0) is 20.2. The number of thiophene rings is 1. The Labute approximate surface area is 168 Å². The Morgan fingerprint density at radius 2 is 2.11 bits per heavy atom. The predicted octanol–water partition coefficient (Wildman–Crippen LogP) is 2.58. The lowest BCUT2D eigenvalue weighted by atomic mass is 10.3. The van der Waals surface area contributed by atoms with Crippen LogP contribution < -0.4 is 10.6 Å². The van der Waals surface area contributed by atoms with Gasteiger partial charge in [0.1, 0.15) is 9.58 Å². The first-order valence-electron chi connectivity index (χ1n) is 8.27. The van der Waals surface area contributed by atoms with Gasteiger partial charge < -0.3 is 10.6 Å². The van der Waals surface area contributed by atoms with Gasteiger partial charge in [-0.15, -0.1) is 17.9 Å². The van der Waals surface area contributed by atoms with Crippen LogP contribution in [0.25, 0.3) is 9.75 Å². The Kier molecular flexibility index (Phi) is 7.29. The average Bonchev–Trinajstić information content (AvgIpc) is 3.19. The van der Waals surface area contributed by atoms with Crippen LogP contribution in [0.2, 0.25) is 0 Å². The van der Waals surface area contributed by atoms with Gasteiger partial charge in [-0.25, -0.2) is 13.4 Å². The second-order valence-electron chi connectivity index (χ2n) is 5.99. The summed E-state index contributed by atoms with van der Waals surface area (Å²) >= 11 is 2.53. The summed E-state index contributed by atoms with van der Waals surface area (Å²) in [6.45, 7) is 8.23. The van der Waals surface area contributed by atoms with Crippen LogP contribution in [-0.4, -0.2) is 56.8 Å². The lowest BCUT2D eigenvalue weighted by Gasteiger charge is -2.24. The molecule has 0 aliphatic rings. The number of amides is 1. The van der Waals surface area contributed by atoms with Crippen molar-refractivity contribution in [1.82, 2.24) is 15.2 Å². The van der Waals surface area contributed by atoms with Crippen molar-refractivity contribution < 1.29 is 13.2 Å². The van der Waals surface area contributed by atoms with Gasteiger partial charge in [0.15, 0.2) is 5.13 Å². The molecule has 0 aliphatic heterocycles. The Balaban J connectivity index is 2.31. The lowest BCUT2D eigenvalue weighted by molar-refractivity contribution is -0.114. The molecule has 2 heterocycles. The van der Waals surface area contributed by atoms with E-state index < -0.39 is 15.2 Å². The van der Waals surface area contributed by atoms with E-state index in [1.54, 1.807) is 24.1 Å². The lowest BCUT2D eigenvalue weighted by Crippen LogP contribution is -2.39. The first-order valence-corrected chi connectivity index (χ1v) is 11.4. The summed E-state index contributed by atoms with van der Waals surface area (Å²) < 4.78 is 26.4. The monoisotopic (exact) mass is 428 g/mol. The summed E-state index contributed by atoms with van der Waals surface area (Å²) in [5.41, 5.74) is 0.751. The summed E-state index contributed by atoms with van der Waals surface area (Å²) in [7, 11) is 0.00960. The van der Waals surface area contributed by atoms with E-state index in [2.05, 4.69) is 22.2 Å². The summed E-state index contributed by atoms with van der Waals surface area (Å²) in [5, 5.41) is 5.38. The second kappa shape index (κ2) is 9.07. The fourth-order valence-electron chi connectivity index (χ4n) is 2.50. The highest BCUT2D eigenvalue weighted by Crippen LogP contribution is 2.39.